The minimum Gasteiger partial charge on any atom is -0.494 e. The lowest BCUT2D eigenvalue weighted by molar-refractivity contribution is -0.206. The van der Waals surface area contributed by atoms with E-state index in [0.717, 1.165) is 60.8 Å². The standard InChI is InChI=1S/C38H47F3O5/c1-3-5-7-9-11-13-15-35(38(39,40)41)46-37(44)31-22-18-29(19-23-31)34-27-32(45-26-14-12-10-8-6-4-2)24-25-33(34)28-16-20-30(21-17-28)36(42)43/h16-25,27,35H,3-15,26H2,1-2H3,(H,42,43). The maximum absolute atomic E-state index is 13.7. The number of benzene rings is 3. The summed E-state index contributed by atoms with van der Waals surface area (Å²) in [4.78, 5) is 24.2. The summed E-state index contributed by atoms with van der Waals surface area (Å²) in [5.41, 5.74) is 3.30. The van der Waals surface area contributed by atoms with Crippen LogP contribution in [0.1, 0.15) is 118 Å². The maximum Gasteiger partial charge on any atom is 0.425 e. The molecule has 0 aliphatic carbocycles. The Morgan fingerprint density at radius 1 is 0.674 bits per heavy atom. The van der Waals surface area contributed by atoms with Gasteiger partial charge in [-0.3, -0.25) is 0 Å². The number of alkyl halides is 3. The highest BCUT2D eigenvalue weighted by Crippen LogP contribution is 2.36. The maximum atomic E-state index is 13.7. The Kier molecular flexibility index (Phi) is 15.1. The Bertz CT molecular complexity index is 1350. The third kappa shape index (κ3) is 11.8. The average molecular weight is 641 g/mol. The third-order valence-electron chi connectivity index (χ3n) is 8.07. The summed E-state index contributed by atoms with van der Waals surface area (Å²) in [6.07, 6.45) is 4.78. The molecule has 250 valence electrons. The molecule has 3 aromatic carbocycles. The van der Waals surface area contributed by atoms with E-state index in [2.05, 4.69) is 13.8 Å². The predicted octanol–water partition coefficient (Wildman–Crippen LogP) is 11.3. The average Bonchev–Trinajstić information content (AvgIpc) is 3.05. The van der Waals surface area contributed by atoms with Crippen LogP contribution in [-0.4, -0.2) is 35.9 Å². The van der Waals surface area contributed by atoms with Crippen LogP contribution in [0.5, 0.6) is 5.75 Å². The number of aromatic carboxylic acids is 1. The molecule has 46 heavy (non-hydrogen) atoms. The lowest BCUT2D eigenvalue weighted by atomic mass is 9.93. The lowest BCUT2D eigenvalue weighted by Gasteiger charge is -2.21. The zero-order valence-electron chi connectivity index (χ0n) is 27.0. The van der Waals surface area contributed by atoms with Crippen molar-refractivity contribution >= 4 is 11.9 Å². The van der Waals surface area contributed by atoms with Crippen molar-refractivity contribution < 1.29 is 37.3 Å². The van der Waals surface area contributed by atoms with Crippen molar-refractivity contribution in [3.8, 4) is 28.0 Å². The zero-order chi connectivity index (χ0) is 33.4. The van der Waals surface area contributed by atoms with Crippen LogP contribution in [0.2, 0.25) is 0 Å². The second-order valence-electron chi connectivity index (χ2n) is 11.8. The van der Waals surface area contributed by atoms with Crippen LogP contribution in [0.4, 0.5) is 13.2 Å². The molecular formula is C38H47F3O5. The molecule has 0 amide bonds. The summed E-state index contributed by atoms with van der Waals surface area (Å²) in [5.74, 6) is -1.37. The van der Waals surface area contributed by atoms with Gasteiger partial charge in [-0.25, -0.2) is 9.59 Å². The number of esters is 1. The van der Waals surface area contributed by atoms with Crippen LogP contribution in [0, 0.1) is 0 Å². The summed E-state index contributed by atoms with van der Waals surface area (Å²) >= 11 is 0. The van der Waals surface area contributed by atoms with Gasteiger partial charge in [0, 0.05) is 0 Å². The van der Waals surface area contributed by atoms with Crippen molar-refractivity contribution in [1.82, 2.24) is 0 Å². The van der Waals surface area contributed by atoms with E-state index in [9.17, 15) is 27.9 Å². The fraction of sp³-hybridized carbons (Fsp3) is 0.474. The van der Waals surface area contributed by atoms with Gasteiger partial charge >= 0.3 is 18.1 Å². The molecule has 3 rings (SSSR count). The minimum absolute atomic E-state index is 0.0313. The number of carbonyl (C=O) groups is 2. The van der Waals surface area contributed by atoms with Gasteiger partial charge in [0.25, 0.3) is 0 Å². The van der Waals surface area contributed by atoms with Crippen LogP contribution >= 0.6 is 0 Å². The first-order valence-corrected chi connectivity index (χ1v) is 16.6. The van der Waals surface area contributed by atoms with Crippen LogP contribution in [-0.2, 0) is 4.74 Å². The van der Waals surface area contributed by atoms with Gasteiger partial charge in [0.15, 0.2) is 6.10 Å². The van der Waals surface area contributed by atoms with Gasteiger partial charge in [0.1, 0.15) is 5.75 Å². The SMILES string of the molecule is CCCCCCCCOc1ccc(-c2ccc(C(=O)O)cc2)c(-c2ccc(C(=O)OC(CCCCCCCC)C(F)(F)F)cc2)c1. The van der Waals surface area contributed by atoms with Crippen LogP contribution < -0.4 is 4.74 Å². The Labute approximate surface area is 271 Å². The van der Waals surface area contributed by atoms with E-state index in [1.54, 1.807) is 24.3 Å². The van der Waals surface area contributed by atoms with Crippen molar-refractivity contribution in [2.45, 2.75) is 110 Å². The molecule has 1 N–H and O–H groups in total. The molecule has 0 heterocycles. The number of carbonyl (C=O) groups excluding carboxylic acids is 1. The smallest absolute Gasteiger partial charge is 0.425 e. The molecule has 1 atom stereocenters. The number of unbranched alkanes of at least 4 members (excludes halogenated alkanes) is 10. The lowest BCUT2D eigenvalue weighted by Crippen LogP contribution is -2.33. The molecule has 1 unspecified atom stereocenters. The Morgan fingerprint density at radius 3 is 1.76 bits per heavy atom. The molecule has 0 bridgehead atoms. The summed E-state index contributed by atoms with van der Waals surface area (Å²) < 4.78 is 52.1. The van der Waals surface area contributed by atoms with Crippen molar-refractivity contribution in [2.75, 3.05) is 6.61 Å². The molecule has 0 spiro atoms. The first-order chi connectivity index (χ1) is 22.1. The Hall–Kier alpha value is -3.81. The molecule has 0 saturated carbocycles. The van der Waals surface area contributed by atoms with Gasteiger partial charge in [-0.1, -0.05) is 108 Å². The number of rotatable bonds is 20. The van der Waals surface area contributed by atoms with Gasteiger partial charge in [-0.15, -0.1) is 0 Å². The van der Waals surface area contributed by atoms with Crippen molar-refractivity contribution in [3.63, 3.8) is 0 Å². The largest absolute Gasteiger partial charge is 0.494 e. The molecule has 0 aliphatic heterocycles. The number of carboxylic acids is 1. The molecule has 8 heteroatoms. The van der Waals surface area contributed by atoms with Crippen molar-refractivity contribution in [2.24, 2.45) is 0 Å². The number of halogens is 3. The van der Waals surface area contributed by atoms with E-state index in [4.69, 9.17) is 9.47 Å². The second kappa shape index (κ2) is 19.0. The highest BCUT2D eigenvalue weighted by Gasteiger charge is 2.42. The molecule has 0 radical (unpaired) electrons. The Morgan fingerprint density at radius 2 is 1.20 bits per heavy atom. The van der Waals surface area contributed by atoms with E-state index in [-0.39, 0.29) is 17.5 Å². The predicted molar refractivity (Wildman–Crippen MR) is 176 cm³/mol. The van der Waals surface area contributed by atoms with Gasteiger partial charge in [-0.2, -0.15) is 13.2 Å². The van der Waals surface area contributed by atoms with E-state index < -0.39 is 24.2 Å². The molecule has 5 nitrogen and oxygen atoms in total. The summed E-state index contributed by atoms with van der Waals surface area (Å²) in [7, 11) is 0. The summed E-state index contributed by atoms with van der Waals surface area (Å²) in [5, 5.41) is 9.31. The van der Waals surface area contributed by atoms with Crippen LogP contribution in [0.3, 0.4) is 0 Å². The van der Waals surface area contributed by atoms with Gasteiger partial charge < -0.3 is 14.6 Å². The number of hydrogen-bond donors (Lipinski definition) is 1. The zero-order valence-corrected chi connectivity index (χ0v) is 27.0. The highest BCUT2D eigenvalue weighted by molar-refractivity contribution is 5.92. The number of hydrogen-bond acceptors (Lipinski definition) is 4. The van der Waals surface area contributed by atoms with E-state index in [1.165, 1.54) is 49.9 Å². The number of carboxylic acid groups (broad SMARTS) is 1. The van der Waals surface area contributed by atoms with Gasteiger partial charge in [0.2, 0.25) is 0 Å². The van der Waals surface area contributed by atoms with Gasteiger partial charge in [-0.05, 0) is 77.9 Å². The molecule has 0 saturated heterocycles. The third-order valence-corrected chi connectivity index (χ3v) is 8.07. The quantitative estimate of drug-likeness (QED) is 0.0982. The minimum atomic E-state index is -4.64. The monoisotopic (exact) mass is 640 g/mol. The fourth-order valence-corrected chi connectivity index (χ4v) is 5.35. The van der Waals surface area contributed by atoms with Crippen LogP contribution in [0.15, 0.2) is 66.7 Å². The second-order valence-corrected chi connectivity index (χ2v) is 11.8. The van der Waals surface area contributed by atoms with Gasteiger partial charge in [0.05, 0.1) is 17.7 Å². The van der Waals surface area contributed by atoms with Crippen molar-refractivity contribution in [3.05, 3.63) is 77.9 Å². The molecule has 3 aromatic rings. The molecular weight excluding hydrogens is 593 g/mol. The Balaban J connectivity index is 1.77. The summed E-state index contributed by atoms with van der Waals surface area (Å²) in [6.45, 7) is 4.84. The van der Waals surface area contributed by atoms with Crippen LogP contribution in [0.25, 0.3) is 22.3 Å². The first-order valence-electron chi connectivity index (χ1n) is 16.6. The molecule has 0 fully saturated rings. The number of ether oxygens (including phenoxy) is 2. The van der Waals surface area contributed by atoms with E-state index >= 15 is 0 Å². The van der Waals surface area contributed by atoms with E-state index in [0.29, 0.717) is 25.2 Å². The highest BCUT2D eigenvalue weighted by atomic mass is 19.4. The molecule has 0 aliphatic rings. The van der Waals surface area contributed by atoms with E-state index in [1.807, 2.05) is 18.2 Å². The molecule has 0 aromatic heterocycles. The van der Waals surface area contributed by atoms with Crippen molar-refractivity contribution in [1.29, 1.82) is 0 Å². The normalized spacial score (nSPS) is 12.1. The summed E-state index contributed by atoms with van der Waals surface area (Å²) in [6, 6.07) is 18.5. The fourth-order valence-electron chi connectivity index (χ4n) is 5.35. The first kappa shape index (κ1) is 36.7. The topological polar surface area (TPSA) is 72.8 Å².